The number of furan rings is 1. The predicted molar refractivity (Wildman–Crippen MR) is 85.1 cm³/mol. The maximum atomic E-state index is 12.3. The van der Waals surface area contributed by atoms with Crippen LogP contribution in [0, 0.1) is 6.92 Å². The molecular weight excluding hydrogens is 276 g/mol. The lowest BCUT2D eigenvalue weighted by Crippen LogP contribution is -2.26. The quantitative estimate of drug-likeness (QED) is 0.794. The molecule has 0 fully saturated rings. The van der Waals surface area contributed by atoms with Gasteiger partial charge in [0.1, 0.15) is 11.5 Å². The van der Waals surface area contributed by atoms with Crippen molar-refractivity contribution in [1.82, 2.24) is 9.88 Å². The highest BCUT2D eigenvalue weighted by Gasteiger charge is 2.14. The zero-order valence-corrected chi connectivity index (χ0v) is 12.6. The van der Waals surface area contributed by atoms with Crippen molar-refractivity contribution >= 4 is 5.91 Å². The van der Waals surface area contributed by atoms with Gasteiger partial charge in [0, 0.05) is 23.6 Å². The van der Waals surface area contributed by atoms with Crippen molar-refractivity contribution in [3.8, 4) is 5.69 Å². The number of rotatable bonds is 4. The maximum absolute atomic E-state index is 12.3. The van der Waals surface area contributed by atoms with Crippen molar-refractivity contribution in [2.75, 3.05) is 0 Å². The number of nitrogens with one attached hydrogen (secondary N) is 1. The molecule has 3 rings (SSSR count). The summed E-state index contributed by atoms with van der Waals surface area (Å²) in [6, 6.07) is 15.0. The summed E-state index contributed by atoms with van der Waals surface area (Å²) in [7, 11) is 0. The molecule has 4 heteroatoms. The first-order chi connectivity index (χ1) is 10.6. The summed E-state index contributed by atoms with van der Waals surface area (Å²) in [5.41, 5.74) is 1.65. The van der Waals surface area contributed by atoms with Crippen molar-refractivity contribution < 1.29 is 9.21 Å². The molecule has 1 N–H and O–H groups in total. The summed E-state index contributed by atoms with van der Waals surface area (Å²) >= 11 is 0. The van der Waals surface area contributed by atoms with Crippen LogP contribution in [-0.4, -0.2) is 10.5 Å². The number of aryl methyl sites for hydroxylation is 1. The number of benzene rings is 1. The van der Waals surface area contributed by atoms with E-state index >= 15 is 0 Å². The standard InChI is InChI=1S/C18H18N2O2/c1-13-5-10-17(22-13)14(2)19-18(21)15-6-8-16(9-7-15)20-11-3-4-12-20/h3-12,14H,1-2H3,(H,19,21). The van der Waals surface area contributed by atoms with Gasteiger partial charge in [-0.2, -0.15) is 0 Å². The summed E-state index contributed by atoms with van der Waals surface area (Å²) in [4.78, 5) is 12.3. The van der Waals surface area contributed by atoms with Crippen molar-refractivity contribution in [1.29, 1.82) is 0 Å². The Morgan fingerprint density at radius 3 is 2.36 bits per heavy atom. The Bertz CT molecular complexity index is 755. The van der Waals surface area contributed by atoms with Gasteiger partial charge in [0.25, 0.3) is 5.91 Å². The van der Waals surface area contributed by atoms with Crippen molar-refractivity contribution in [3.63, 3.8) is 0 Å². The van der Waals surface area contributed by atoms with Gasteiger partial charge in [-0.25, -0.2) is 0 Å². The van der Waals surface area contributed by atoms with Gasteiger partial charge < -0.3 is 14.3 Å². The van der Waals surface area contributed by atoms with Gasteiger partial charge in [-0.3, -0.25) is 4.79 Å². The molecule has 0 saturated carbocycles. The fraction of sp³-hybridized carbons (Fsp3) is 0.167. The van der Waals surface area contributed by atoms with Gasteiger partial charge in [-0.1, -0.05) is 0 Å². The second kappa shape index (κ2) is 5.93. The molecule has 112 valence electrons. The lowest BCUT2D eigenvalue weighted by Gasteiger charge is -2.12. The molecule has 1 atom stereocenters. The second-order valence-corrected chi connectivity index (χ2v) is 5.28. The van der Waals surface area contributed by atoms with Crippen LogP contribution < -0.4 is 5.32 Å². The highest BCUT2D eigenvalue weighted by Crippen LogP contribution is 2.17. The van der Waals surface area contributed by atoms with Crippen LogP contribution in [0.5, 0.6) is 0 Å². The average Bonchev–Trinajstić information content (AvgIpc) is 3.18. The van der Waals surface area contributed by atoms with Crippen LogP contribution in [-0.2, 0) is 0 Å². The lowest BCUT2D eigenvalue weighted by atomic mass is 10.1. The molecule has 22 heavy (non-hydrogen) atoms. The van der Waals surface area contributed by atoms with Crippen LogP contribution in [0.15, 0.2) is 65.3 Å². The third kappa shape index (κ3) is 2.96. The maximum Gasteiger partial charge on any atom is 0.251 e. The Morgan fingerprint density at radius 2 is 1.77 bits per heavy atom. The summed E-state index contributed by atoms with van der Waals surface area (Å²) in [5.74, 6) is 1.49. The zero-order chi connectivity index (χ0) is 15.5. The molecule has 0 aliphatic rings. The van der Waals surface area contributed by atoms with Crippen LogP contribution >= 0.6 is 0 Å². The highest BCUT2D eigenvalue weighted by molar-refractivity contribution is 5.94. The van der Waals surface area contributed by atoms with Gasteiger partial charge in [0.2, 0.25) is 0 Å². The van der Waals surface area contributed by atoms with E-state index in [2.05, 4.69) is 5.32 Å². The predicted octanol–water partition coefficient (Wildman–Crippen LogP) is 3.87. The number of aromatic nitrogens is 1. The normalized spacial score (nSPS) is 12.1. The van der Waals surface area contributed by atoms with Crippen LogP contribution in [0.25, 0.3) is 5.69 Å². The number of nitrogens with zero attached hydrogens (tertiary/aromatic N) is 1. The first kappa shape index (κ1) is 14.2. The van der Waals surface area contributed by atoms with Gasteiger partial charge in [0.05, 0.1) is 6.04 Å². The van der Waals surface area contributed by atoms with Gasteiger partial charge in [-0.05, 0) is 62.4 Å². The molecule has 0 bridgehead atoms. The van der Waals surface area contributed by atoms with E-state index < -0.39 is 0 Å². The van der Waals surface area contributed by atoms with Gasteiger partial charge in [0.15, 0.2) is 0 Å². The lowest BCUT2D eigenvalue weighted by molar-refractivity contribution is 0.0935. The fourth-order valence-electron chi connectivity index (χ4n) is 2.33. The summed E-state index contributed by atoms with van der Waals surface area (Å²) in [5, 5.41) is 2.94. The molecule has 1 unspecified atom stereocenters. The van der Waals surface area contributed by atoms with Crippen molar-refractivity contribution in [2.45, 2.75) is 19.9 Å². The topological polar surface area (TPSA) is 47.2 Å². The van der Waals surface area contributed by atoms with Crippen LogP contribution in [0.2, 0.25) is 0 Å². The number of hydrogen-bond donors (Lipinski definition) is 1. The second-order valence-electron chi connectivity index (χ2n) is 5.28. The van der Waals surface area contributed by atoms with E-state index in [0.29, 0.717) is 5.56 Å². The molecule has 0 radical (unpaired) electrons. The van der Waals surface area contributed by atoms with Crippen LogP contribution in [0.4, 0.5) is 0 Å². The number of hydrogen-bond acceptors (Lipinski definition) is 2. The first-order valence-corrected chi connectivity index (χ1v) is 7.24. The average molecular weight is 294 g/mol. The van der Waals surface area contributed by atoms with Gasteiger partial charge in [-0.15, -0.1) is 0 Å². The smallest absolute Gasteiger partial charge is 0.251 e. The Hall–Kier alpha value is -2.75. The van der Waals surface area contributed by atoms with E-state index in [-0.39, 0.29) is 11.9 Å². The van der Waals surface area contributed by atoms with E-state index in [4.69, 9.17) is 4.42 Å². The first-order valence-electron chi connectivity index (χ1n) is 7.24. The molecule has 0 aliphatic heterocycles. The fourth-order valence-corrected chi connectivity index (χ4v) is 2.33. The molecule has 4 nitrogen and oxygen atoms in total. The summed E-state index contributed by atoms with van der Waals surface area (Å²) in [6.07, 6.45) is 3.94. The molecule has 0 aliphatic carbocycles. The molecule has 2 heterocycles. The SMILES string of the molecule is Cc1ccc(C(C)NC(=O)c2ccc(-n3cccc3)cc2)o1. The van der Waals surface area contributed by atoms with E-state index in [1.54, 1.807) is 0 Å². The molecule has 3 aromatic rings. The Labute approximate surface area is 129 Å². The molecular formula is C18H18N2O2. The van der Waals surface area contributed by atoms with E-state index in [0.717, 1.165) is 17.2 Å². The Morgan fingerprint density at radius 1 is 1.09 bits per heavy atom. The van der Waals surface area contributed by atoms with E-state index in [1.807, 2.05) is 79.3 Å². The minimum Gasteiger partial charge on any atom is -0.464 e. The number of carbonyl (C=O) groups excluding carboxylic acids is 1. The summed E-state index contributed by atoms with van der Waals surface area (Å²) in [6.45, 7) is 3.79. The van der Waals surface area contributed by atoms with Crippen molar-refractivity contribution in [3.05, 3.63) is 78.0 Å². The van der Waals surface area contributed by atoms with E-state index in [1.165, 1.54) is 0 Å². The molecule has 0 spiro atoms. The zero-order valence-electron chi connectivity index (χ0n) is 12.6. The Kier molecular flexibility index (Phi) is 3.83. The summed E-state index contributed by atoms with van der Waals surface area (Å²) < 4.78 is 7.53. The third-order valence-corrected chi connectivity index (χ3v) is 3.57. The van der Waals surface area contributed by atoms with Crippen LogP contribution in [0.3, 0.4) is 0 Å². The monoisotopic (exact) mass is 294 g/mol. The number of amides is 1. The van der Waals surface area contributed by atoms with Crippen LogP contribution in [0.1, 0.15) is 34.8 Å². The third-order valence-electron chi connectivity index (χ3n) is 3.57. The van der Waals surface area contributed by atoms with E-state index in [9.17, 15) is 4.79 Å². The minimum atomic E-state index is -0.162. The minimum absolute atomic E-state index is 0.111. The van der Waals surface area contributed by atoms with Crippen molar-refractivity contribution in [2.24, 2.45) is 0 Å². The molecule has 1 amide bonds. The largest absolute Gasteiger partial charge is 0.464 e. The Balaban J connectivity index is 1.70. The van der Waals surface area contributed by atoms with Gasteiger partial charge >= 0.3 is 0 Å². The molecule has 2 aromatic heterocycles. The molecule has 0 saturated heterocycles. The number of carbonyl (C=O) groups is 1. The molecule has 1 aromatic carbocycles. The highest BCUT2D eigenvalue weighted by atomic mass is 16.3.